The molecule has 0 saturated heterocycles. The van der Waals surface area contributed by atoms with Gasteiger partial charge in [-0.05, 0) is 37.6 Å². The van der Waals surface area contributed by atoms with E-state index in [4.69, 9.17) is 4.74 Å². The van der Waals surface area contributed by atoms with E-state index in [0.29, 0.717) is 11.9 Å². The molecular weight excluding hydrogens is 285 g/mol. The van der Waals surface area contributed by atoms with E-state index in [1.165, 1.54) is 6.07 Å². The Morgan fingerprint density at radius 2 is 2.12 bits per heavy atom. The van der Waals surface area contributed by atoms with E-state index in [1.807, 2.05) is 13.0 Å². The molecule has 0 aliphatic carbocycles. The molecule has 1 aromatic carbocycles. The number of anilines is 1. The molecule has 0 aromatic heterocycles. The second kappa shape index (κ2) is 7.67. The molecule has 0 unspecified atom stereocenters. The van der Waals surface area contributed by atoms with Crippen molar-refractivity contribution in [2.45, 2.75) is 19.2 Å². The molecule has 1 rings (SSSR count). The third-order valence-electron chi connectivity index (χ3n) is 2.62. The molecule has 96 valence electrons. The second-order valence-corrected chi connectivity index (χ2v) is 4.24. The quantitative estimate of drug-likeness (QED) is 0.564. The van der Waals surface area contributed by atoms with Gasteiger partial charge in [-0.15, -0.1) is 0 Å². The minimum atomic E-state index is -0.191. The lowest BCUT2D eigenvalue weighted by atomic mass is 10.1. The van der Waals surface area contributed by atoms with Crippen LogP contribution in [0, 0.1) is 5.82 Å². The number of rotatable bonds is 7. The van der Waals surface area contributed by atoms with Crippen LogP contribution in [0.5, 0.6) is 0 Å². The Bertz CT molecular complexity index is 346. The van der Waals surface area contributed by atoms with Crippen LogP contribution in [-0.2, 0) is 10.1 Å². The number of hydrogen-bond donors (Lipinski definition) is 0. The molecule has 17 heavy (non-hydrogen) atoms. The van der Waals surface area contributed by atoms with Gasteiger partial charge >= 0.3 is 0 Å². The van der Waals surface area contributed by atoms with Gasteiger partial charge in [-0.1, -0.05) is 15.9 Å². The number of halogens is 2. The van der Waals surface area contributed by atoms with Gasteiger partial charge in [0.2, 0.25) is 0 Å². The summed E-state index contributed by atoms with van der Waals surface area (Å²) in [5.41, 5.74) is 2.05. The maximum Gasteiger partial charge on any atom is 0.123 e. The van der Waals surface area contributed by atoms with E-state index in [2.05, 4.69) is 27.8 Å². The molecule has 0 amide bonds. The zero-order valence-electron chi connectivity index (χ0n) is 10.4. The van der Waals surface area contributed by atoms with Gasteiger partial charge in [-0.2, -0.15) is 0 Å². The van der Waals surface area contributed by atoms with Crippen LogP contribution in [-0.4, -0.2) is 26.3 Å². The van der Waals surface area contributed by atoms with Crippen molar-refractivity contribution < 1.29 is 9.13 Å². The predicted octanol–water partition coefficient (Wildman–Crippen LogP) is 3.58. The van der Waals surface area contributed by atoms with Crippen LogP contribution in [0.1, 0.15) is 19.4 Å². The van der Waals surface area contributed by atoms with E-state index in [-0.39, 0.29) is 5.82 Å². The van der Waals surface area contributed by atoms with Gasteiger partial charge in [0.15, 0.2) is 0 Å². The Morgan fingerprint density at radius 1 is 1.35 bits per heavy atom. The highest BCUT2D eigenvalue weighted by atomic mass is 79.9. The lowest BCUT2D eigenvalue weighted by Crippen LogP contribution is -2.28. The number of hydrogen-bond acceptors (Lipinski definition) is 2. The standard InChI is InChI=1S/C13H19BrFNO/c1-3-16(7-8-17-4-2)13-6-5-12(15)9-11(13)10-14/h5-6,9H,3-4,7-8,10H2,1-2H3. The third kappa shape index (κ3) is 4.28. The first kappa shape index (κ1) is 14.5. The number of likely N-dealkylation sites (N-methyl/N-ethyl adjacent to an activating group) is 1. The summed E-state index contributed by atoms with van der Waals surface area (Å²) in [6, 6.07) is 4.92. The van der Waals surface area contributed by atoms with Crippen LogP contribution in [0.4, 0.5) is 10.1 Å². The monoisotopic (exact) mass is 303 g/mol. The van der Waals surface area contributed by atoms with Crippen LogP contribution in [0.15, 0.2) is 18.2 Å². The number of alkyl halides is 1. The van der Waals surface area contributed by atoms with Crippen molar-refractivity contribution >= 4 is 21.6 Å². The van der Waals surface area contributed by atoms with Crippen molar-refractivity contribution in [2.24, 2.45) is 0 Å². The van der Waals surface area contributed by atoms with Crippen LogP contribution < -0.4 is 4.90 Å². The zero-order valence-corrected chi connectivity index (χ0v) is 12.0. The lowest BCUT2D eigenvalue weighted by molar-refractivity contribution is 0.154. The van der Waals surface area contributed by atoms with Gasteiger partial charge in [0.05, 0.1) is 6.61 Å². The van der Waals surface area contributed by atoms with Gasteiger partial charge in [0.1, 0.15) is 5.82 Å². The highest BCUT2D eigenvalue weighted by Crippen LogP contribution is 2.23. The molecule has 4 heteroatoms. The zero-order chi connectivity index (χ0) is 12.7. The fourth-order valence-electron chi connectivity index (χ4n) is 1.74. The fourth-order valence-corrected chi connectivity index (χ4v) is 2.19. The summed E-state index contributed by atoms with van der Waals surface area (Å²) in [6.07, 6.45) is 0. The van der Waals surface area contributed by atoms with Gasteiger partial charge < -0.3 is 9.64 Å². The number of benzene rings is 1. The average Bonchev–Trinajstić information content (AvgIpc) is 2.35. The Balaban J connectivity index is 2.79. The van der Waals surface area contributed by atoms with Crippen molar-refractivity contribution in [1.29, 1.82) is 0 Å². The van der Waals surface area contributed by atoms with Crippen molar-refractivity contribution in [2.75, 3.05) is 31.2 Å². The van der Waals surface area contributed by atoms with Crippen LogP contribution in [0.3, 0.4) is 0 Å². The molecule has 1 aromatic rings. The Labute approximate surface area is 111 Å². The molecule has 0 bridgehead atoms. The second-order valence-electron chi connectivity index (χ2n) is 3.68. The minimum absolute atomic E-state index is 0.191. The smallest absolute Gasteiger partial charge is 0.123 e. The molecule has 0 saturated carbocycles. The first-order valence-corrected chi connectivity index (χ1v) is 7.02. The van der Waals surface area contributed by atoms with Crippen molar-refractivity contribution in [1.82, 2.24) is 0 Å². The Morgan fingerprint density at radius 3 is 2.71 bits per heavy atom. The molecular formula is C13H19BrFNO. The molecule has 0 radical (unpaired) electrons. The SMILES string of the molecule is CCOCCN(CC)c1ccc(F)cc1CBr. The predicted molar refractivity (Wildman–Crippen MR) is 73.4 cm³/mol. The van der Waals surface area contributed by atoms with E-state index in [0.717, 1.165) is 30.9 Å². The molecule has 0 aliphatic rings. The summed E-state index contributed by atoms with van der Waals surface area (Å²) in [6.45, 7) is 7.22. The summed E-state index contributed by atoms with van der Waals surface area (Å²) in [4.78, 5) is 2.20. The average molecular weight is 304 g/mol. The largest absolute Gasteiger partial charge is 0.380 e. The fraction of sp³-hybridized carbons (Fsp3) is 0.538. The highest BCUT2D eigenvalue weighted by molar-refractivity contribution is 9.08. The van der Waals surface area contributed by atoms with E-state index in [9.17, 15) is 4.39 Å². The van der Waals surface area contributed by atoms with Crippen molar-refractivity contribution in [3.05, 3.63) is 29.6 Å². The minimum Gasteiger partial charge on any atom is -0.380 e. The topological polar surface area (TPSA) is 12.5 Å². The van der Waals surface area contributed by atoms with Gasteiger partial charge in [-0.3, -0.25) is 0 Å². The van der Waals surface area contributed by atoms with Crippen LogP contribution >= 0.6 is 15.9 Å². The normalized spacial score (nSPS) is 10.6. The molecule has 2 nitrogen and oxygen atoms in total. The number of nitrogens with zero attached hydrogens (tertiary/aromatic N) is 1. The van der Waals surface area contributed by atoms with E-state index < -0.39 is 0 Å². The summed E-state index contributed by atoms with van der Waals surface area (Å²) < 4.78 is 18.5. The van der Waals surface area contributed by atoms with Gasteiger partial charge in [0.25, 0.3) is 0 Å². The van der Waals surface area contributed by atoms with Gasteiger partial charge in [-0.25, -0.2) is 4.39 Å². The number of ether oxygens (including phenoxy) is 1. The molecule has 0 fully saturated rings. The van der Waals surface area contributed by atoms with Crippen molar-refractivity contribution in [3.63, 3.8) is 0 Å². The van der Waals surface area contributed by atoms with Crippen molar-refractivity contribution in [3.8, 4) is 0 Å². The first-order chi connectivity index (χ1) is 8.22. The summed E-state index contributed by atoms with van der Waals surface area (Å²) in [7, 11) is 0. The van der Waals surface area contributed by atoms with E-state index in [1.54, 1.807) is 6.07 Å². The summed E-state index contributed by atoms with van der Waals surface area (Å²) in [5.74, 6) is -0.191. The third-order valence-corrected chi connectivity index (χ3v) is 3.22. The maximum atomic E-state index is 13.1. The first-order valence-electron chi connectivity index (χ1n) is 5.90. The lowest BCUT2D eigenvalue weighted by Gasteiger charge is -2.25. The van der Waals surface area contributed by atoms with Gasteiger partial charge in [0, 0.05) is 30.7 Å². The highest BCUT2D eigenvalue weighted by Gasteiger charge is 2.09. The summed E-state index contributed by atoms with van der Waals surface area (Å²) in [5, 5.41) is 0.658. The summed E-state index contributed by atoms with van der Waals surface area (Å²) >= 11 is 3.40. The van der Waals surface area contributed by atoms with E-state index >= 15 is 0 Å². The molecule has 0 N–H and O–H groups in total. The van der Waals surface area contributed by atoms with Crippen LogP contribution in [0.2, 0.25) is 0 Å². The molecule has 0 aliphatic heterocycles. The molecule has 0 atom stereocenters. The molecule has 0 spiro atoms. The maximum absolute atomic E-state index is 13.1. The molecule has 0 heterocycles. The van der Waals surface area contributed by atoms with Crippen LogP contribution in [0.25, 0.3) is 0 Å². The Kier molecular flexibility index (Phi) is 6.52. The Hall–Kier alpha value is -0.610.